The lowest BCUT2D eigenvalue weighted by molar-refractivity contribution is -0.114. The highest BCUT2D eigenvalue weighted by molar-refractivity contribution is 5.90. The molecule has 0 spiro atoms. The summed E-state index contributed by atoms with van der Waals surface area (Å²) in [6.45, 7) is 7.09. The molecule has 1 N–H and O–H groups in total. The highest BCUT2D eigenvalue weighted by Crippen LogP contribution is 1.95. The van der Waals surface area contributed by atoms with Crippen LogP contribution in [-0.4, -0.2) is 12.3 Å². The molecule has 0 unspecified atom stereocenters. The Morgan fingerprint density at radius 3 is 2.54 bits per heavy atom. The number of allylic oxidation sites excluding steroid dienone is 2. The lowest BCUT2D eigenvalue weighted by atomic mass is 10.2. The van der Waals surface area contributed by atoms with E-state index in [1.54, 1.807) is 6.08 Å². The van der Waals surface area contributed by atoms with E-state index in [0.717, 1.165) is 25.1 Å². The number of rotatable bonds is 7. The van der Waals surface area contributed by atoms with Crippen molar-refractivity contribution >= 4 is 5.78 Å². The van der Waals surface area contributed by atoms with Crippen LogP contribution in [0.2, 0.25) is 0 Å². The van der Waals surface area contributed by atoms with Crippen LogP contribution in [0.15, 0.2) is 11.8 Å². The van der Waals surface area contributed by atoms with E-state index in [1.807, 2.05) is 13.8 Å². The molecule has 0 rings (SSSR count). The fraction of sp³-hybridized carbons (Fsp3) is 0.727. The molecule has 0 fully saturated rings. The van der Waals surface area contributed by atoms with Crippen LogP contribution in [0, 0.1) is 0 Å². The van der Waals surface area contributed by atoms with Crippen molar-refractivity contribution in [2.75, 3.05) is 6.54 Å². The summed E-state index contributed by atoms with van der Waals surface area (Å²) in [5.74, 6) is 0.226. The van der Waals surface area contributed by atoms with Gasteiger partial charge in [-0.3, -0.25) is 4.79 Å². The van der Waals surface area contributed by atoms with Crippen LogP contribution in [0.1, 0.15) is 46.5 Å². The van der Waals surface area contributed by atoms with Crippen LogP contribution >= 0.6 is 0 Å². The Hall–Kier alpha value is -0.790. The van der Waals surface area contributed by atoms with Crippen LogP contribution in [-0.2, 0) is 4.79 Å². The second-order valence-electron chi connectivity index (χ2n) is 3.32. The summed E-state index contributed by atoms with van der Waals surface area (Å²) >= 11 is 0. The summed E-state index contributed by atoms with van der Waals surface area (Å²) in [5.41, 5.74) is 0.993. The maximum Gasteiger partial charge on any atom is 0.157 e. The summed E-state index contributed by atoms with van der Waals surface area (Å²) in [6, 6.07) is 0. The molecule has 0 saturated heterocycles. The first-order valence-electron chi connectivity index (χ1n) is 5.15. The normalized spacial score (nSPS) is 11.5. The minimum absolute atomic E-state index is 0.226. The van der Waals surface area contributed by atoms with Crippen LogP contribution in [0.4, 0.5) is 0 Å². The molecule has 2 nitrogen and oxygen atoms in total. The zero-order chi connectivity index (χ0) is 10.1. The molecule has 0 radical (unpaired) electrons. The predicted octanol–water partition coefficient (Wildman–Crippen LogP) is 2.65. The highest BCUT2D eigenvalue weighted by Gasteiger charge is 1.95. The molecule has 0 bridgehead atoms. The number of nitrogens with one attached hydrogen (secondary N) is 1. The SMILES string of the molecule is CCCCN/C(C)=C\C(=O)CCC. The molecule has 0 aliphatic carbocycles. The molecule has 2 heteroatoms. The van der Waals surface area contributed by atoms with Gasteiger partial charge in [0, 0.05) is 18.7 Å². The van der Waals surface area contributed by atoms with Crippen LogP contribution in [0.3, 0.4) is 0 Å². The summed E-state index contributed by atoms with van der Waals surface area (Å²) in [5, 5.41) is 3.21. The number of carbonyl (C=O) groups excluding carboxylic acids is 1. The van der Waals surface area contributed by atoms with Crippen molar-refractivity contribution in [3.8, 4) is 0 Å². The Morgan fingerprint density at radius 2 is 2.00 bits per heavy atom. The van der Waals surface area contributed by atoms with Gasteiger partial charge in [0.05, 0.1) is 0 Å². The average molecular weight is 183 g/mol. The van der Waals surface area contributed by atoms with E-state index < -0.39 is 0 Å². The van der Waals surface area contributed by atoms with Crippen molar-refractivity contribution in [2.24, 2.45) is 0 Å². The van der Waals surface area contributed by atoms with Crippen molar-refractivity contribution in [1.29, 1.82) is 0 Å². The summed E-state index contributed by atoms with van der Waals surface area (Å²) in [6.07, 6.45) is 5.64. The molecule has 0 amide bonds. The molecule has 0 aromatic carbocycles. The van der Waals surface area contributed by atoms with Gasteiger partial charge >= 0.3 is 0 Å². The van der Waals surface area contributed by atoms with Gasteiger partial charge in [0.2, 0.25) is 0 Å². The molecule has 0 heterocycles. The van der Waals surface area contributed by atoms with Gasteiger partial charge in [-0.05, 0) is 25.8 Å². The van der Waals surface area contributed by atoms with Crippen LogP contribution in [0.5, 0.6) is 0 Å². The van der Waals surface area contributed by atoms with E-state index in [4.69, 9.17) is 0 Å². The van der Waals surface area contributed by atoms with Gasteiger partial charge in [-0.2, -0.15) is 0 Å². The van der Waals surface area contributed by atoms with E-state index in [0.29, 0.717) is 6.42 Å². The fourth-order valence-corrected chi connectivity index (χ4v) is 1.07. The third-order valence-electron chi connectivity index (χ3n) is 1.81. The van der Waals surface area contributed by atoms with Gasteiger partial charge in [-0.15, -0.1) is 0 Å². The van der Waals surface area contributed by atoms with Crippen molar-refractivity contribution in [2.45, 2.75) is 46.5 Å². The maximum atomic E-state index is 11.2. The maximum absolute atomic E-state index is 11.2. The number of unbranched alkanes of at least 4 members (excludes halogenated alkanes) is 1. The second-order valence-corrected chi connectivity index (χ2v) is 3.32. The molecule has 0 atom stereocenters. The van der Waals surface area contributed by atoms with E-state index in [1.165, 1.54) is 6.42 Å². The number of ketones is 1. The third kappa shape index (κ3) is 7.57. The molecule has 0 aliphatic rings. The van der Waals surface area contributed by atoms with E-state index in [-0.39, 0.29) is 5.78 Å². The third-order valence-corrected chi connectivity index (χ3v) is 1.81. The summed E-state index contributed by atoms with van der Waals surface area (Å²) < 4.78 is 0. The first kappa shape index (κ1) is 12.2. The summed E-state index contributed by atoms with van der Waals surface area (Å²) in [7, 11) is 0. The summed E-state index contributed by atoms with van der Waals surface area (Å²) in [4.78, 5) is 11.2. The molecule has 0 aromatic rings. The van der Waals surface area contributed by atoms with Gasteiger partial charge < -0.3 is 5.32 Å². The van der Waals surface area contributed by atoms with Gasteiger partial charge in [0.1, 0.15) is 0 Å². The van der Waals surface area contributed by atoms with Crippen molar-refractivity contribution in [3.05, 3.63) is 11.8 Å². The van der Waals surface area contributed by atoms with Gasteiger partial charge in [0.15, 0.2) is 5.78 Å². The van der Waals surface area contributed by atoms with E-state index in [9.17, 15) is 4.79 Å². The zero-order valence-electron chi connectivity index (χ0n) is 9.02. The van der Waals surface area contributed by atoms with Crippen LogP contribution in [0.25, 0.3) is 0 Å². The molecular formula is C11H21NO. The second kappa shape index (κ2) is 7.84. The zero-order valence-corrected chi connectivity index (χ0v) is 9.02. The first-order valence-corrected chi connectivity index (χ1v) is 5.15. The van der Waals surface area contributed by atoms with Gasteiger partial charge in [0.25, 0.3) is 0 Å². The van der Waals surface area contributed by atoms with Crippen molar-refractivity contribution in [3.63, 3.8) is 0 Å². The standard InChI is InChI=1S/C11H21NO/c1-4-6-8-12-10(3)9-11(13)7-5-2/h9,12H,4-8H2,1-3H3/b10-9-. The van der Waals surface area contributed by atoms with Crippen molar-refractivity contribution < 1.29 is 4.79 Å². The molecule has 0 aromatic heterocycles. The van der Waals surface area contributed by atoms with Gasteiger partial charge in [-0.25, -0.2) is 0 Å². The van der Waals surface area contributed by atoms with E-state index in [2.05, 4.69) is 12.2 Å². The quantitative estimate of drug-likeness (QED) is 0.485. The molecular weight excluding hydrogens is 162 g/mol. The van der Waals surface area contributed by atoms with Crippen molar-refractivity contribution in [1.82, 2.24) is 5.32 Å². The molecule has 0 saturated carbocycles. The van der Waals surface area contributed by atoms with Gasteiger partial charge in [-0.1, -0.05) is 20.3 Å². The Balaban J connectivity index is 3.67. The first-order chi connectivity index (χ1) is 6.20. The largest absolute Gasteiger partial charge is 0.388 e. The molecule has 0 aliphatic heterocycles. The monoisotopic (exact) mass is 183 g/mol. The lowest BCUT2D eigenvalue weighted by Crippen LogP contribution is -2.13. The topological polar surface area (TPSA) is 29.1 Å². The highest BCUT2D eigenvalue weighted by atomic mass is 16.1. The Labute approximate surface area is 81.4 Å². The Bertz CT molecular complexity index is 173. The number of carbonyl (C=O) groups is 1. The minimum Gasteiger partial charge on any atom is -0.388 e. The Morgan fingerprint density at radius 1 is 1.31 bits per heavy atom. The Kier molecular flexibility index (Phi) is 7.36. The molecule has 13 heavy (non-hydrogen) atoms. The number of hydrogen-bond acceptors (Lipinski definition) is 2. The number of hydrogen-bond donors (Lipinski definition) is 1. The predicted molar refractivity (Wildman–Crippen MR) is 56.6 cm³/mol. The minimum atomic E-state index is 0.226. The van der Waals surface area contributed by atoms with E-state index >= 15 is 0 Å². The lowest BCUT2D eigenvalue weighted by Gasteiger charge is -2.04. The molecule has 76 valence electrons. The van der Waals surface area contributed by atoms with Crippen LogP contribution < -0.4 is 5.32 Å². The fourth-order valence-electron chi connectivity index (χ4n) is 1.07. The average Bonchev–Trinajstić information content (AvgIpc) is 2.05. The smallest absolute Gasteiger partial charge is 0.157 e.